The number of fused-ring (bicyclic) bond motifs is 2. The van der Waals surface area contributed by atoms with Crippen molar-refractivity contribution in [2.75, 3.05) is 0 Å². The van der Waals surface area contributed by atoms with Crippen molar-refractivity contribution in [2.24, 2.45) is 16.7 Å². The van der Waals surface area contributed by atoms with E-state index >= 15 is 0 Å². The fourth-order valence-corrected chi connectivity index (χ4v) is 3.80. The molecule has 2 aliphatic heterocycles. The van der Waals surface area contributed by atoms with E-state index in [-0.39, 0.29) is 10.6 Å². The zero-order valence-electron chi connectivity index (χ0n) is 13.3. The zero-order valence-corrected chi connectivity index (χ0v) is 14.1. The average Bonchev–Trinajstić information content (AvgIpc) is 2.73. The van der Waals surface area contributed by atoms with Gasteiger partial charge in [0, 0.05) is 6.92 Å². The van der Waals surface area contributed by atoms with Crippen molar-refractivity contribution in [1.82, 2.24) is 0 Å². The van der Waals surface area contributed by atoms with Gasteiger partial charge in [-0.1, -0.05) is 24.6 Å². The second-order valence-corrected chi connectivity index (χ2v) is 6.70. The number of benzene rings is 1. The van der Waals surface area contributed by atoms with Crippen molar-refractivity contribution in [3.8, 4) is 18.2 Å². The molecule has 2 aliphatic rings. The molecule has 0 amide bonds. The van der Waals surface area contributed by atoms with Crippen LogP contribution in [0.3, 0.4) is 0 Å². The minimum Gasteiger partial charge on any atom is -0.448 e. The Morgan fingerprint density at radius 1 is 1.24 bits per heavy atom. The van der Waals surface area contributed by atoms with Crippen molar-refractivity contribution in [3.05, 3.63) is 34.6 Å². The summed E-state index contributed by atoms with van der Waals surface area (Å²) in [5, 5.41) is 37.6. The first kappa shape index (κ1) is 17.2. The lowest BCUT2D eigenvalue weighted by Gasteiger charge is -2.47. The molecule has 2 saturated heterocycles. The first-order chi connectivity index (χ1) is 11.7. The fraction of sp³-hybridized carbons (Fsp3) is 0.412. The van der Waals surface area contributed by atoms with Gasteiger partial charge in [-0.2, -0.15) is 15.8 Å². The number of hydrogen-bond acceptors (Lipinski definition) is 6. The predicted octanol–water partition coefficient (Wildman–Crippen LogP) is 3.45. The quantitative estimate of drug-likeness (QED) is 0.825. The summed E-state index contributed by atoms with van der Waals surface area (Å²) in [5.41, 5.74) is -3.76. The van der Waals surface area contributed by atoms with Gasteiger partial charge >= 0.3 is 0 Å². The van der Waals surface area contributed by atoms with E-state index in [1.165, 1.54) is 19.1 Å². The molecule has 1 aromatic carbocycles. The lowest BCUT2D eigenvalue weighted by atomic mass is 9.54. The number of nitriles is 3. The first-order valence-electron chi connectivity index (χ1n) is 7.37. The van der Waals surface area contributed by atoms with Crippen LogP contribution < -0.4 is 0 Å². The van der Waals surface area contributed by atoms with E-state index in [0.717, 1.165) is 6.07 Å². The van der Waals surface area contributed by atoms with E-state index in [1.807, 2.05) is 18.2 Å². The Morgan fingerprint density at radius 2 is 1.88 bits per heavy atom. The maximum atomic E-state index is 13.9. The molecular weight excluding hydrogens is 347 g/mol. The Morgan fingerprint density at radius 3 is 2.40 bits per heavy atom. The van der Waals surface area contributed by atoms with E-state index in [2.05, 4.69) is 0 Å². The molecule has 0 radical (unpaired) electrons. The molecule has 2 fully saturated rings. The van der Waals surface area contributed by atoms with Crippen LogP contribution in [0.25, 0.3) is 0 Å². The first-order valence-corrected chi connectivity index (χ1v) is 7.74. The number of nitrogens with one attached hydrogen (secondary N) is 1. The Balaban J connectivity index is 2.33. The highest BCUT2D eigenvalue weighted by Crippen LogP contribution is 2.66. The molecular formula is C17H12ClFN4O2. The van der Waals surface area contributed by atoms with Crippen LogP contribution in [-0.4, -0.2) is 11.7 Å². The highest BCUT2D eigenvalue weighted by Gasteiger charge is 2.78. The summed E-state index contributed by atoms with van der Waals surface area (Å²) in [4.78, 5) is 0. The molecule has 2 bridgehead atoms. The van der Waals surface area contributed by atoms with Gasteiger partial charge in [0.25, 0.3) is 0 Å². The summed E-state index contributed by atoms with van der Waals surface area (Å²) in [7, 11) is 0. The number of nitrogens with zero attached hydrogens (tertiary/aromatic N) is 3. The summed E-state index contributed by atoms with van der Waals surface area (Å²) >= 11 is 5.70. The molecule has 4 atom stereocenters. The van der Waals surface area contributed by atoms with Gasteiger partial charge in [0.15, 0.2) is 5.41 Å². The van der Waals surface area contributed by atoms with Crippen molar-refractivity contribution >= 4 is 17.5 Å². The molecule has 3 rings (SSSR count). The number of ether oxygens (including phenoxy) is 2. The van der Waals surface area contributed by atoms with Gasteiger partial charge in [-0.15, -0.1) is 0 Å². The average molecular weight is 359 g/mol. The van der Waals surface area contributed by atoms with Crippen LogP contribution in [0, 0.1) is 62.0 Å². The van der Waals surface area contributed by atoms with Gasteiger partial charge in [-0.3, -0.25) is 5.41 Å². The molecule has 0 spiro atoms. The molecule has 25 heavy (non-hydrogen) atoms. The van der Waals surface area contributed by atoms with Crippen LogP contribution in [0.15, 0.2) is 18.2 Å². The molecule has 1 N–H and O–H groups in total. The lowest BCUT2D eigenvalue weighted by molar-refractivity contribution is -0.268. The van der Waals surface area contributed by atoms with Crippen molar-refractivity contribution in [3.63, 3.8) is 0 Å². The molecule has 1 aromatic rings. The van der Waals surface area contributed by atoms with E-state index in [0.29, 0.717) is 0 Å². The van der Waals surface area contributed by atoms with Gasteiger partial charge in [0.1, 0.15) is 11.9 Å². The second-order valence-electron chi connectivity index (χ2n) is 6.29. The SMILES string of the molecule is CC1C2(C)OC(=N)C1(C#N)C(C#N)(C#N)C(c1ccc(Cl)c(F)c1)O2. The maximum absolute atomic E-state index is 13.9. The van der Waals surface area contributed by atoms with Crippen LogP contribution in [0.1, 0.15) is 25.5 Å². The molecule has 6 nitrogen and oxygen atoms in total. The van der Waals surface area contributed by atoms with E-state index < -0.39 is 40.4 Å². The summed E-state index contributed by atoms with van der Waals surface area (Å²) in [6.45, 7) is 3.12. The standard InChI is InChI=1S/C17H12ClFN4O2/c1-9-15(2)24-13(10-3-4-11(18)12(19)5-10)16(6-20,7-21)17(9,8-22)14(23)25-15/h3-5,9,13,23H,1-2H3. The summed E-state index contributed by atoms with van der Waals surface area (Å²) in [6.07, 6.45) is -1.29. The van der Waals surface area contributed by atoms with Crippen molar-refractivity contribution in [1.29, 1.82) is 21.2 Å². The minimum absolute atomic E-state index is 0.124. The lowest BCUT2D eigenvalue weighted by Crippen LogP contribution is -2.57. The summed E-state index contributed by atoms with van der Waals surface area (Å²) in [6, 6.07) is 9.45. The van der Waals surface area contributed by atoms with Gasteiger partial charge < -0.3 is 9.47 Å². The molecule has 4 unspecified atom stereocenters. The van der Waals surface area contributed by atoms with Gasteiger partial charge in [0.05, 0.1) is 29.1 Å². The molecule has 8 heteroatoms. The van der Waals surface area contributed by atoms with E-state index in [9.17, 15) is 20.2 Å². The van der Waals surface area contributed by atoms with Gasteiger partial charge in [-0.25, -0.2) is 4.39 Å². The van der Waals surface area contributed by atoms with Crippen LogP contribution >= 0.6 is 11.6 Å². The van der Waals surface area contributed by atoms with Crippen LogP contribution in [0.2, 0.25) is 5.02 Å². The van der Waals surface area contributed by atoms with Gasteiger partial charge in [-0.05, 0) is 17.7 Å². The largest absolute Gasteiger partial charge is 0.448 e. The second kappa shape index (κ2) is 5.17. The fourth-order valence-electron chi connectivity index (χ4n) is 3.69. The smallest absolute Gasteiger partial charge is 0.214 e. The Bertz CT molecular complexity index is 901. The third-order valence-electron chi connectivity index (χ3n) is 5.24. The zero-order chi connectivity index (χ0) is 18.6. The minimum atomic E-state index is -2.09. The third-order valence-corrected chi connectivity index (χ3v) is 5.55. The molecule has 2 heterocycles. The van der Waals surface area contributed by atoms with E-state index in [4.69, 9.17) is 26.5 Å². The number of halogens is 2. The van der Waals surface area contributed by atoms with Crippen LogP contribution in [0.4, 0.5) is 4.39 Å². The molecule has 0 aromatic heterocycles. The predicted molar refractivity (Wildman–Crippen MR) is 83.3 cm³/mol. The maximum Gasteiger partial charge on any atom is 0.214 e. The molecule has 126 valence electrons. The van der Waals surface area contributed by atoms with Crippen molar-refractivity contribution in [2.45, 2.75) is 25.7 Å². The summed E-state index contributed by atoms with van der Waals surface area (Å²) in [5.74, 6) is -3.40. The van der Waals surface area contributed by atoms with Crippen LogP contribution in [0.5, 0.6) is 0 Å². The molecule has 0 aliphatic carbocycles. The highest BCUT2D eigenvalue weighted by atomic mass is 35.5. The number of rotatable bonds is 1. The highest BCUT2D eigenvalue weighted by molar-refractivity contribution is 6.30. The topological polar surface area (TPSA) is 114 Å². The van der Waals surface area contributed by atoms with Crippen LogP contribution in [-0.2, 0) is 9.47 Å². The third kappa shape index (κ3) is 1.81. The monoisotopic (exact) mass is 358 g/mol. The Hall–Kier alpha value is -2.66. The van der Waals surface area contributed by atoms with Gasteiger partial charge in [0.2, 0.25) is 17.1 Å². The number of hydrogen-bond donors (Lipinski definition) is 1. The Labute approximate surface area is 148 Å². The summed E-state index contributed by atoms with van der Waals surface area (Å²) < 4.78 is 25.3. The normalized spacial score (nSPS) is 35.2. The van der Waals surface area contributed by atoms with Crippen molar-refractivity contribution < 1.29 is 13.9 Å². The molecule has 0 saturated carbocycles. The Kier molecular flexibility index (Phi) is 3.55. The van der Waals surface area contributed by atoms with E-state index in [1.54, 1.807) is 6.92 Å².